The normalized spacial score (nSPS) is 14.4. The van der Waals surface area contributed by atoms with Crippen LogP contribution in [0.1, 0.15) is 61.0 Å². The zero-order valence-corrected chi connectivity index (χ0v) is 23.1. The van der Waals surface area contributed by atoms with Gasteiger partial charge in [-0.05, 0) is 61.7 Å². The molecule has 1 aliphatic rings. The lowest BCUT2D eigenvalue weighted by Gasteiger charge is -2.33. The van der Waals surface area contributed by atoms with Crippen LogP contribution in [-0.2, 0) is 16.1 Å². The number of anilines is 1. The molecule has 1 saturated carbocycles. The molecule has 0 aliphatic heterocycles. The van der Waals surface area contributed by atoms with Crippen LogP contribution in [0, 0.1) is 0 Å². The number of ether oxygens (including phenoxy) is 1. The highest BCUT2D eigenvalue weighted by molar-refractivity contribution is 6.03. The van der Waals surface area contributed by atoms with Crippen LogP contribution in [0.4, 0.5) is 5.69 Å². The first-order chi connectivity index (χ1) is 19.9. The third-order valence-corrected chi connectivity index (χ3v) is 7.48. The number of amides is 2. The highest BCUT2D eigenvalue weighted by Crippen LogP contribution is 2.35. The molecular formula is C31H33N5O5. The van der Waals surface area contributed by atoms with Crippen molar-refractivity contribution in [3.8, 4) is 11.5 Å². The summed E-state index contributed by atoms with van der Waals surface area (Å²) in [5.74, 6) is -0.919. The summed E-state index contributed by atoms with van der Waals surface area (Å²) in [5, 5.41) is 22.1. The molecule has 1 heterocycles. The van der Waals surface area contributed by atoms with Gasteiger partial charge in [0.25, 0.3) is 0 Å². The third-order valence-electron chi connectivity index (χ3n) is 7.48. The summed E-state index contributed by atoms with van der Waals surface area (Å²) in [6.45, 7) is 1.24. The SMILES string of the molecule is COc1ccc([C@@H](C(=O)NC2CCCCC2)N(C(=O)Cn2nnc3ccccc32)c2cccc(C(C)=O)c2)cc1O. The number of aromatic hydroxyl groups is 1. The van der Waals surface area contributed by atoms with Crippen LogP contribution in [0.15, 0.2) is 66.7 Å². The Hall–Kier alpha value is -4.73. The predicted octanol–water partition coefficient (Wildman–Crippen LogP) is 4.57. The lowest BCUT2D eigenvalue weighted by atomic mass is 9.94. The molecule has 1 aliphatic carbocycles. The van der Waals surface area contributed by atoms with Crippen molar-refractivity contribution in [3.63, 3.8) is 0 Å². The molecule has 1 atom stereocenters. The fraction of sp³-hybridized carbons (Fsp3) is 0.323. The molecule has 41 heavy (non-hydrogen) atoms. The fourth-order valence-corrected chi connectivity index (χ4v) is 5.37. The zero-order valence-electron chi connectivity index (χ0n) is 23.1. The molecule has 0 spiro atoms. The number of benzene rings is 3. The van der Waals surface area contributed by atoms with E-state index < -0.39 is 11.9 Å². The number of hydrogen-bond donors (Lipinski definition) is 2. The molecule has 0 bridgehead atoms. The number of aromatic nitrogens is 3. The minimum atomic E-state index is -1.15. The molecule has 2 N–H and O–H groups in total. The van der Waals surface area contributed by atoms with E-state index in [1.165, 1.54) is 29.7 Å². The van der Waals surface area contributed by atoms with Crippen LogP contribution < -0.4 is 15.0 Å². The van der Waals surface area contributed by atoms with Gasteiger partial charge in [-0.1, -0.05) is 54.8 Å². The van der Waals surface area contributed by atoms with Gasteiger partial charge in [-0.25, -0.2) is 4.68 Å². The molecule has 3 aromatic carbocycles. The van der Waals surface area contributed by atoms with Crippen molar-refractivity contribution >= 4 is 34.3 Å². The van der Waals surface area contributed by atoms with E-state index >= 15 is 0 Å². The van der Waals surface area contributed by atoms with Crippen molar-refractivity contribution in [2.24, 2.45) is 0 Å². The number of phenolic OH excluding ortho intramolecular Hbond substituents is 1. The van der Waals surface area contributed by atoms with Crippen molar-refractivity contribution in [1.82, 2.24) is 20.3 Å². The van der Waals surface area contributed by atoms with Crippen LogP contribution >= 0.6 is 0 Å². The highest BCUT2D eigenvalue weighted by atomic mass is 16.5. The average Bonchev–Trinajstić information content (AvgIpc) is 3.38. The predicted molar refractivity (Wildman–Crippen MR) is 154 cm³/mol. The van der Waals surface area contributed by atoms with Gasteiger partial charge in [-0.15, -0.1) is 5.10 Å². The first-order valence-corrected chi connectivity index (χ1v) is 13.7. The summed E-state index contributed by atoms with van der Waals surface area (Å²) in [6.07, 6.45) is 4.86. The number of rotatable bonds is 9. The molecule has 2 amide bonds. The third kappa shape index (κ3) is 6.06. The van der Waals surface area contributed by atoms with Gasteiger partial charge in [-0.3, -0.25) is 19.3 Å². The second kappa shape index (κ2) is 12.2. The number of carbonyl (C=O) groups excluding carboxylic acids is 3. The molecule has 10 heteroatoms. The fourth-order valence-electron chi connectivity index (χ4n) is 5.37. The van der Waals surface area contributed by atoms with Crippen LogP contribution in [0.5, 0.6) is 11.5 Å². The molecule has 1 aromatic heterocycles. The molecule has 212 valence electrons. The van der Waals surface area contributed by atoms with Crippen molar-refractivity contribution < 1.29 is 24.2 Å². The van der Waals surface area contributed by atoms with Crippen LogP contribution in [0.3, 0.4) is 0 Å². The first kappa shape index (κ1) is 27.8. The molecular weight excluding hydrogens is 522 g/mol. The van der Waals surface area contributed by atoms with E-state index in [0.717, 1.165) is 32.1 Å². The Kier molecular flexibility index (Phi) is 8.28. The van der Waals surface area contributed by atoms with E-state index in [-0.39, 0.29) is 35.8 Å². The van der Waals surface area contributed by atoms with E-state index in [1.54, 1.807) is 42.5 Å². The molecule has 10 nitrogen and oxygen atoms in total. The number of ketones is 1. The maximum Gasteiger partial charge on any atom is 0.249 e. The van der Waals surface area contributed by atoms with Gasteiger partial charge in [-0.2, -0.15) is 0 Å². The first-order valence-electron chi connectivity index (χ1n) is 13.7. The molecule has 4 aromatic rings. The Labute approximate surface area is 237 Å². The molecule has 0 saturated heterocycles. The number of Topliss-reactive ketones (excluding diaryl/α,β-unsaturated/α-hetero) is 1. The molecule has 5 rings (SSSR count). The second-order valence-electron chi connectivity index (χ2n) is 10.3. The Balaban J connectivity index is 1.62. The van der Waals surface area contributed by atoms with Gasteiger partial charge in [0.05, 0.1) is 12.6 Å². The summed E-state index contributed by atoms with van der Waals surface area (Å²) >= 11 is 0. The van der Waals surface area contributed by atoms with Crippen molar-refractivity contribution in [1.29, 1.82) is 0 Å². The number of phenols is 1. The Bertz CT molecular complexity index is 1580. The maximum atomic E-state index is 14.2. The molecule has 0 radical (unpaired) electrons. The standard InChI is InChI=1S/C31H33N5O5/c1-20(37)21-9-8-12-24(17-21)36(29(39)19-35-26-14-7-6-13-25(26)33-34-35)30(22-15-16-28(41-2)27(38)18-22)31(40)32-23-10-4-3-5-11-23/h6-9,12-18,23,30,38H,3-5,10-11,19H2,1-2H3,(H,32,40)/t30-/m0/s1. The smallest absolute Gasteiger partial charge is 0.249 e. The van der Waals surface area contributed by atoms with Crippen molar-refractivity contribution in [2.45, 2.75) is 57.7 Å². The summed E-state index contributed by atoms with van der Waals surface area (Å²) < 4.78 is 6.71. The minimum Gasteiger partial charge on any atom is -0.504 e. The zero-order chi connectivity index (χ0) is 28.9. The highest BCUT2D eigenvalue weighted by Gasteiger charge is 2.35. The van der Waals surface area contributed by atoms with Gasteiger partial charge in [0.1, 0.15) is 18.1 Å². The van der Waals surface area contributed by atoms with E-state index in [9.17, 15) is 19.5 Å². The summed E-state index contributed by atoms with van der Waals surface area (Å²) in [4.78, 5) is 42.0. The van der Waals surface area contributed by atoms with Crippen LogP contribution in [-0.4, -0.2) is 50.8 Å². The van der Waals surface area contributed by atoms with Gasteiger partial charge in [0.2, 0.25) is 11.8 Å². The summed E-state index contributed by atoms with van der Waals surface area (Å²) in [7, 11) is 1.44. The number of carbonyl (C=O) groups is 3. The number of fused-ring (bicyclic) bond motifs is 1. The Morgan fingerprint density at radius 2 is 1.83 bits per heavy atom. The quantitative estimate of drug-likeness (QED) is 0.290. The van der Waals surface area contributed by atoms with Gasteiger partial charge >= 0.3 is 0 Å². The topological polar surface area (TPSA) is 127 Å². The number of hydrogen-bond acceptors (Lipinski definition) is 7. The van der Waals surface area contributed by atoms with Gasteiger partial charge < -0.3 is 15.2 Å². The minimum absolute atomic E-state index is 0.0228. The Morgan fingerprint density at radius 1 is 1.05 bits per heavy atom. The van der Waals surface area contributed by atoms with E-state index in [4.69, 9.17) is 4.74 Å². The summed E-state index contributed by atoms with van der Waals surface area (Å²) in [5.41, 5.74) is 2.46. The number of methoxy groups -OCH3 is 1. The Morgan fingerprint density at radius 3 is 2.56 bits per heavy atom. The second-order valence-corrected chi connectivity index (χ2v) is 10.3. The lowest BCUT2D eigenvalue weighted by molar-refractivity contribution is -0.127. The van der Waals surface area contributed by atoms with Crippen LogP contribution in [0.2, 0.25) is 0 Å². The van der Waals surface area contributed by atoms with Gasteiger partial charge in [0, 0.05) is 17.3 Å². The number of para-hydroxylation sites is 1. The van der Waals surface area contributed by atoms with E-state index in [2.05, 4.69) is 15.6 Å². The molecule has 1 fully saturated rings. The number of nitrogens with zero attached hydrogens (tertiary/aromatic N) is 4. The number of nitrogens with one attached hydrogen (secondary N) is 1. The van der Waals surface area contributed by atoms with E-state index in [1.807, 2.05) is 18.2 Å². The maximum absolute atomic E-state index is 14.2. The largest absolute Gasteiger partial charge is 0.504 e. The van der Waals surface area contributed by atoms with Crippen molar-refractivity contribution in [2.75, 3.05) is 12.0 Å². The van der Waals surface area contributed by atoms with Crippen LogP contribution in [0.25, 0.3) is 11.0 Å². The lowest BCUT2D eigenvalue weighted by Crippen LogP contribution is -2.48. The van der Waals surface area contributed by atoms with Gasteiger partial charge in [0.15, 0.2) is 17.3 Å². The summed E-state index contributed by atoms with van der Waals surface area (Å²) in [6, 6.07) is 17.4. The van der Waals surface area contributed by atoms with Crippen molar-refractivity contribution in [3.05, 3.63) is 77.9 Å². The molecule has 0 unspecified atom stereocenters. The monoisotopic (exact) mass is 555 g/mol. The average molecular weight is 556 g/mol. The van der Waals surface area contributed by atoms with E-state index in [0.29, 0.717) is 27.8 Å².